The van der Waals surface area contributed by atoms with Crippen LogP contribution in [0.4, 0.5) is 0 Å². The largest absolute Gasteiger partial charge is 0.692 e. The van der Waals surface area contributed by atoms with E-state index in [0.29, 0.717) is 6.61 Å². The van der Waals surface area contributed by atoms with Gasteiger partial charge in [-0.15, -0.1) is 9.79 Å². The lowest BCUT2D eigenvalue weighted by Crippen LogP contribution is -1.75. The molecule has 0 amide bonds. The number of hydrogen-bond donors (Lipinski definition) is 3. The number of aliphatic hydroxyl groups is 1. The van der Waals surface area contributed by atoms with Gasteiger partial charge in [0.1, 0.15) is 0 Å². The maximum Gasteiger partial charge on any atom is 0.692 e. The van der Waals surface area contributed by atoms with E-state index in [0.717, 1.165) is 12.8 Å². The van der Waals surface area contributed by atoms with Crippen LogP contribution in [0.3, 0.4) is 0 Å². The van der Waals surface area contributed by atoms with Gasteiger partial charge in [0.2, 0.25) is 0 Å². The molecule has 0 aliphatic rings. The van der Waals surface area contributed by atoms with Gasteiger partial charge < -0.3 is 5.11 Å². The molecule has 0 aromatic heterocycles. The topological polar surface area (TPSA) is 77.8 Å². The molecule has 0 bridgehead atoms. The van der Waals surface area contributed by atoms with Crippen LogP contribution >= 0.6 is 8.25 Å². The number of hydrogen-bond acceptors (Lipinski definition) is 2. The Morgan fingerprint density at radius 3 is 1.78 bits per heavy atom. The summed E-state index contributed by atoms with van der Waals surface area (Å²) in [5.41, 5.74) is 0. The van der Waals surface area contributed by atoms with Crippen LogP contribution in [0.25, 0.3) is 0 Å². The summed E-state index contributed by atoms with van der Waals surface area (Å²) >= 11 is 0. The summed E-state index contributed by atoms with van der Waals surface area (Å²) in [6, 6.07) is 0. The summed E-state index contributed by atoms with van der Waals surface area (Å²) < 4.78 is 8.70. The minimum Gasteiger partial charge on any atom is -0.396 e. The standard InChI is InChI=1S/C4H10O.HO3P/c1-2-3-4-5;1-4(2)3/h5H,2-4H2,1H3;(H-,1,2,3)/p+1. The second-order valence-corrected chi connectivity index (χ2v) is 1.84. The summed E-state index contributed by atoms with van der Waals surface area (Å²) in [5, 5.41) is 8.07. The quantitative estimate of drug-likeness (QED) is 0.504. The molecule has 5 heteroatoms. The van der Waals surface area contributed by atoms with Crippen LogP contribution in [-0.4, -0.2) is 21.5 Å². The maximum absolute atomic E-state index is 8.70. The van der Waals surface area contributed by atoms with E-state index in [4.69, 9.17) is 19.5 Å². The third-order valence-corrected chi connectivity index (χ3v) is 0.512. The first kappa shape index (κ1) is 11.7. The van der Waals surface area contributed by atoms with E-state index in [2.05, 4.69) is 6.92 Å². The Kier molecular flexibility index (Phi) is 14.2. The lowest BCUT2D eigenvalue weighted by atomic mass is 10.4. The monoisotopic (exact) mass is 155 g/mol. The van der Waals surface area contributed by atoms with Crippen LogP contribution in [0.1, 0.15) is 19.8 Å². The maximum atomic E-state index is 8.70. The first-order valence-electron chi connectivity index (χ1n) is 2.61. The molecule has 0 unspecified atom stereocenters. The Morgan fingerprint density at radius 1 is 1.44 bits per heavy atom. The predicted octanol–water partition coefficient (Wildman–Crippen LogP) is 0.407. The van der Waals surface area contributed by atoms with Gasteiger partial charge in [-0.25, -0.2) is 0 Å². The number of unbranched alkanes of at least 4 members (excludes halogenated alkanes) is 1. The third kappa shape index (κ3) is 72.8. The molecule has 0 aromatic rings. The van der Waals surface area contributed by atoms with E-state index in [9.17, 15) is 0 Å². The van der Waals surface area contributed by atoms with Crippen molar-refractivity contribution >= 4 is 8.25 Å². The van der Waals surface area contributed by atoms with E-state index in [1.54, 1.807) is 0 Å². The summed E-state index contributed by atoms with van der Waals surface area (Å²) in [7, 11) is -2.87. The molecule has 9 heavy (non-hydrogen) atoms. The second-order valence-electron chi connectivity index (χ2n) is 1.33. The highest BCUT2D eigenvalue weighted by atomic mass is 31.1. The Balaban J connectivity index is 0. The number of aliphatic hydroxyl groups excluding tert-OH is 1. The van der Waals surface area contributed by atoms with Gasteiger partial charge in [-0.3, -0.25) is 0 Å². The smallest absolute Gasteiger partial charge is 0.396 e. The summed E-state index contributed by atoms with van der Waals surface area (Å²) in [4.78, 5) is 14.2. The number of rotatable bonds is 2. The van der Waals surface area contributed by atoms with Crippen molar-refractivity contribution in [2.75, 3.05) is 6.61 Å². The zero-order chi connectivity index (χ0) is 7.70. The molecular weight excluding hydrogens is 143 g/mol. The summed E-state index contributed by atoms with van der Waals surface area (Å²) in [5.74, 6) is 0. The van der Waals surface area contributed by atoms with Crippen molar-refractivity contribution in [1.82, 2.24) is 0 Å². The molecular formula is C4H12O4P+. The van der Waals surface area contributed by atoms with Crippen molar-refractivity contribution < 1.29 is 19.5 Å². The molecule has 3 N–H and O–H groups in total. The van der Waals surface area contributed by atoms with Gasteiger partial charge in [0.15, 0.2) is 0 Å². The van der Waals surface area contributed by atoms with Gasteiger partial charge in [-0.05, 0) is 6.42 Å². The average Bonchev–Trinajstić information content (AvgIpc) is 1.66. The second kappa shape index (κ2) is 10.9. The highest BCUT2D eigenvalue weighted by molar-refractivity contribution is 7.30. The van der Waals surface area contributed by atoms with Crippen molar-refractivity contribution in [2.45, 2.75) is 19.8 Å². The van der Waals surface area contributed by atoms with E-state index in [-0.39, 0.29) is 0 Å². The fraction of sp³-hybridized carbons (Fsp3) is 1.00. The zero-order valence-corrected chi connectivity index (χ0v) is 6.21. The van der Waals surface area contributed by atoms with Crippen LogP contribution in [0, 0.1) is 0 Å². The van der Waals surface area contributed by atoms with E-state index in [1.807, 2.05) is 0 Å². The van der Waals surface area contributed by atoms with E-state index < -0.39 is 8.25 Å². The van der Waals surface area contributed by atoms with Crippen LogP contribution in [0.5, 0.6) is 0 Å². The molecule has 0 aromatic carbocycles. The zero-order valence-electron chi connectivity index (χ0n) is 5.32. The molecule has 0 saturated heterocycles. The molecule has 0 atom stereocenters. The van der Waals surface area contributed by atoms with Gasteiger partial charge in [0.05, 0.1) is 0 Å². The van der Waals surface area contributed by atoms with Crippen LogP contribution in [-0.2, 0) is 4.57 Å². The van der Waals surface area contributed by atoms with Gasteiger partial charge in [-0.2, -0.15) is 0 Å². The van der Waals surface area contributed by atoms with Gasteiger partial charge in [0, 0.05) is 11.2 Å². The van der Waals surface area contributed by atoms with Gasteiger partial charge >= 0.3 is 8.25 Å². The van der Waals surface area contributed by atoms with Crippen LogP contribution in [0.15, 0.2) is 0 Å². The Hall–Kier alpha value is -0.0200. The molecule has 4 nitrogen and oxygen atoms in total. The van der Waals surface area contributed by atoms with Gasteiger partial charge in [-0.1, -0.05) is 13.3 Å². The summed E-state index contributed by atoms with van der Waals surface area (Å²) in [6.45, 7) is 2.40. The highest BCUT2D eigenvalue weighted by Crippen LogP contribution is 1.98. The minimum atomic E-state index is -2.87. The fourth-order valence-electron chi connectivity index (χ4n) is 0.158. The minimum absolute atomic E-state index is 0.344. The molecule has 0 fully saturated rings. The predicted molar refractivity (Wildman–Crippen MR) is 34.0 cm³/mol. The molecule has 56 valence electrons. The molecule has 0 rings (SSSR count). The first-order valence-corrected chi connectivity index (χ1v) is 3.77. The van der Waals surface area contributed by atoms with Crippen molar-refractivity contribution in [3.63, 3.8) is 0 Å². The molecule has 0 heterocycles. The van der Waals surface area contributed by atoms with Crippen molar-refractivity contribution in [3.8, 4) is 0 Å². The van der Waals surface area contributed by atoms with Crippen LogP contribution < -0.4 is 0 Å². The Labute approximate surface area is 55.1 Å². The fourth-order valence-corrected chi connectivity index (χ4v) is 0.158. The van der Waals surface area contributed by atoms with Crippen molar-refractivity contribution in [2.24, 2.45) is 0 Å². The normalized spacial score (nSPS) is 7.56. The third-order valence-electron chi connectivity index (χ3n) is 0.512. The lowest BCUT2D eigenvalue weighted by Gasteiger charge is -1.79. The van der Waals surface area contributed by atoms with E-state index >= 15 is 0 Å². The summed E-state index contributed by atoms with van der Waals surface area (Å²) in [6.07, 6.45) is 2.04. The van der Waals surface area contributed by atoms with Crippen molar-refractivity contribution in [1.29, 1.82) is 0 Å². The Bertz CT molecular complexity index is 59.6. The molecule has 0 radical (unpaired) electrons. The van der Waals surface area contributed by atoms with Crippen LogP contribution in [0.2, 0.25) is 0 Å². The molecule has 0 saturated carbocycles. The van der Waals surface area contributed by atoms with E-state index in [1.165, 1.54) is 0 Å². The first-order chi connectivity index (χ1) is 4.15. The van der Waals surface area contributed by atoms with Crippen molar-refractivity contribution in [3.05, 3.63) is 0 Å². The molecule has 0 aliphatic heterocycles. The SMILES string of the molecule is CCCCO.O=[P+](O)O. The highest BCUT2D eigenvalue weighted by Gasteiger charge is 1.93. The molecule has 0 aliphatic carbocycles. The molecule has 0 spiro atoms. The van der Waals surface area contributed by atoms with Gasteiger partial charge in [0.25, 0.3) is 0 Å². The Morgan fingerprint density at radius 2 is 1.78 bits per heavy atom. The lowest BCUT2D eigenvalue weighted by molar-refractivity contribution is 0.287. The average molecular weight is 155 g/mol.